The Labute approximate surface area is 166 Å². The number of ketones is 1. The minimum absolute atomic E-state index is 0.152. The number of anilines is 1. The number of hydrogen-bond donors (Lipinski definition) is 1. The molecule has 0 amide bonds. The molecule has 0 saturated carbocycles. The van der Waals surface area contributed by atoms with Gasteiger partial charge in [-0.2, -0.15) is 0 Å². The van der Waals surface area contributed by atoms with E-state index < -0.39 is 0 Å². The highest BCUT2D eigenvalue weighted by Crippen LogP contribution is 2.39. The number of halogens is 1. The van der Waals surface area contributed by atoms with Crippen LogP contribution in [0.5, 0.6) is 0 Å². The lowest BCUT2D eigenvalue weighted by Crippen LogP contribution is -2.32. The summed E-state index contributed by atoms with van der Waals surface area (Å²) in [5, 5.41) is 0.749. The van der Waals surface area contributed by atoms with E-state index in [2.05, 4.69) is 34.8 Å². The summed E-state index contributed by atoms with van der Waals surface area (Å²) in [7, 11) is 0. The molecular weight excluding hydrogens is 408 g/mol. The average Bonchev–Trinajstić information content (AvgIpc) is 2.97. The second-order valence-corrected chi connectivity index (χ2v) is 8.37. The number of aromatic nitrogens is 1. The van der Waals surface area contributed by atoms with Crippen LogP contribution in [0.15, 0.2) is 33.2 Å². The number of hydrogen-bond acceptors (Lipinski definition) is 5. The highest BCUT2D eigenvalue weighted by molar-refractivity contribution is 9.10. The molecule has 0 atom stereocenters. The van der Waals surface area contributed by atoms with Gasteiger partial charge in [-0.15, -0.1) is 0 Å². The first-order chi connectivity index (χ1) is 12.8. The molecule has 27 heavy (non-hydrogen) atoms. The number of pyridine rings is 1. The van der Waals surface area contributed by atoms with Gasteiger partial charge in [0, 0.05) is 27.7 Å². The molecule has 1 aromatic carbocycles. The summed E-state index contributed by atoms with van der Waals surface area (Å²) < 4.78 is 12.8. The molecule has 1 aliphatic heterocycles. The number of ether oxygens (including phenoxy) is 1. The number of nitrogens with zero attached hydrogens (tertiary/aromatic N) is 1. The Hall–Kier alpha value is -2.18. The van der Waals surface area contributed by atoms with Gasteiger partial charge in [0.1, 0.15) is 0 Å². The largest absolute Gasteiger partial charge is 0.432 e. The average molecular weight is 429 g/mol. The zero-order chi connectivity index (χ0) is 19.3. The summed E-state index contributed by atoms with van der Waals surface area (Å²) in [5.41, 5.74) is 10.5. The van der Waals surface area contributed by atoms with Crippen LogP contribution in [-0.2, 0) is 24.2 Å². The van der Waals surface area contributed by atoms with E-state index in [0.29, 0.717) is 30.0 Å². The molecule has 0 spiro atoms. The zero-order valence-corrected chi connectivity index (χ0v) is 17.1. The maximum absolute atomic E-state index is 13.0. The molecular formula is C21H21BrN2O3. The van der Waals surface area contributed by atoms with E-state index >= 15 is 0 Å². The Morgan fingerprint density at radius 3 is 2.63 bits per heavy atom. The third-order valence-corrected chi connectivity index (χ3v) is 5.56. The summed E-state index contributed by atoms with van der Waals surface area (Å²) in [4.78, 5) is 17.6. The topological polar surface area (TPSA) is 78.4 Å². The highest BCUT2D eigenvalue weighted by Gasteiger charge is 2.33. The van der Waals surface area contributed by atoms with E-state index in [1.807, 2.05) is 19.1 Å². The molecule has 2 N–H and O–H groups in total. The van der Waals surface area contributed by atoms with Crippen LogP contribution < -0.4 is 5.73 Å². The van der Waals surface area contributed by atoms with Gasteiger partial charge >= 0.3 is 0 Å². The van der Waals surface area contributed by atoms with Gasteiger partial charge in [0.2, 0.25) is 17.3 Å². The van der Waals surface area contributed by atoms with Crippen molar-refractivity contribution in [2.75, 3.05) is 5.73 Å². The van der Waals surface area contributed by atoms with Crippen LogP contribution in [0.25, 0.3) is 11.1 Å². The molecule has 0 radical (unpaired) electrons. The monoisotopic (exact) mass is 428 g/mol. The van der Waals surface area contributed by atoms with Crippen molar-refractivity contribution in [1.29, 1.82) is 0 Å². The summed E-state index contributed by atoms with van der Waals surface area (Å²) in [6, 6.07) is 7.13. The fourth-order valence-electron chi connectivity index (χ4n) is 3.62. The fourth-order valence-corrected chi connectivity index (χ4v) is 3.88. The molecule has 1 aliphatic rings. The van der Waals surface area contributed by atoms with Crippen LogP contribution in [0.3, 0.4) is 0 Å². The van der Waals surface area contributed by atoms with Gasteiger partial charge in [-0.1, -0.05) is 22.9 Å². The van der Waals surface area contributed by atoms with Crippen LogP contribution >= 0.6 is 15.9 Å². The molecule has 0 unspecified atom stereocenters. The van der Waals surface area contributed by atoms with Gasteiger partial charge in [0.05, 0.1) is 23.3 Å². The van der Waals surface area contributed by atoms with Crippen molar-refractivity contribution in [1.82, 2.24) is 4.98 Å². The summed E-state index contributed by atoms with van der Waals surface area (Å²) in [6.45, 7) is 6.65. The lowest BCUT2D eigenvalue weighted by atomic mass is 9.88. The van der Waals surface area contributed by atoms with Crippen molar-refractivity contribution in [2.24, 2.45) is 0 Å². The normalized spacial score (nSPS) is 15.7. The summed E-state index contributed by atoms with van der Waals surface area (Å²) in [6.07, 6.45) is 1.46. The van der Waals surface area contributed by atoms with Crippen molar-refractivity contribution in [2.45, 2.75) is 45.8 Å². The molecule has 6 heteroatoms. The third-order valence-electron chi connectivity index (χ3n) is 5.03. The number of nitrogen functional groups attached to an aromatic ring is 1. The molecule has 4 rings (SSSR count). The van der Waals surface area contributed by atoms with E-state index in [0.717, 1.165) is 33.1 Å². The SMILES string of the molecule is CCc1nc2oc(C(=O)c3ccc(Br)cc3)c(N)c2c2c1COC(C)(C)C2. The number of rotatable bonds is 3. The van der Waals surface area contributed by atoms with E-state index in [1.54, 1.807) is 12.1 Å². The standard InChI is InChI=1S/C21H21BrN2O3/c1-4-15-14-10-26-21(2,3)9-13(14)16-17(23)19(27-20(16)24-15)18(25)11-5-7-12(22)8-6-11/h5-8H,4,9-10,23H2,1-3H3. The van der Waals surface area contributed by atoms with E-state index in [-0.39, 0.29) is 17.1 Å². The van der Waals surface area contributed by atoms with E-state index in [9.17, 15) is 4.79 Å². The quantitative estimate of drug-likeness (QED) is 0.605. The van der Waals surface area contributed by atoms with Crippen LogP contribution in [0.1, 0.15) is 53.7 Å². The number of nitrogens with two attached hydrogens (primary N) is 1. The second-order valence-electron chi connectivity index (χ2n) is 7.46. The van der Waals surface area contributed by atoms with Gasteiger partial charge in [-0.05, 0) is 50.1 Å². The van der Waals surface area contributed by atoms with Gasteiger partial charge < -0.3 is 14.9 Å². The van der Waals surface area contributed by atoms with Crippen molar-refractivity contribution < 1.29 is 13.9 Å². The third kappa shape index (κ3) is 3.07. The Bertz CT molecular complexity index is 1050. The van der Waals surface area contributed by atoms with Gasteiger partial charge in [0.25, 0.3) is 0 Å². The Kier molecular flexibility index (Phi) is 4.35. The molecule has 140 valence electrons. The zero-order valence-electron chi connectivity index (χ0n) is 15.6. The molecule has 0 fully saturated rings. The molecule has 2 aromatic heterocycles. The minimum Gasteiger partial charge on any atom is -0.432 e. The number of benzene rings is 1. The van der Waals surface area contributed by atoms with Gasteiger partial charge in [-0.3, -0.25) is 4.79 Å². The Balaban J connectivity index is 1.91. The number of fused-ring (bicyclic) bond motifs is 3. The van der Waals surface area contributed by atoms with E-state index in [4.69, 9.17) is 14.9 Å². The van der Waals surface area contributed by atoms with Crippen LogP contribution in [0.2, 0.25) is 0 Å². The van der Waals surface area contributed by atoms with Crippen molar-refractivity contribution in [3.8, 4) is 0 Å². The molecule has 5 nitrogen and oxygen atoms in total. The van der Waals surface area contributed by atoms with Crippen molar-refractivity contribution >= 4 is 38.5 Å². The number of furan rings is 1. The molecule has 0 saturated heterocycles. The van der Waals surface area contributed by atoms with Crippen molar-refractivity contribution in [3.63, 3.8) is 0 Å². The van der Waals surface area contributed by atoms with Gasteiger partial charge in [-0.25, -0.2) is 4.98 Å². The van der Waals surface area contributed by atoms with Gasteiger partial charge in [0.15, 0.2) is 0 Å². The Morgan fingerprint density at radius 1 is 1.26 bits per heavy atom. The molecule has 3 aromatic rings. The summed E-state index contributed by atoms with van der Waals surface area (Å²) in [5.74, 6) is -0.0873. The van der Waals surface area contributed by atoms with Crippen LogP contribution in [0.4, 0.5) is 5.69 Å². The maximum atomic E-state index is 13.0. The number of aryl methyl sites for hydroxylation is 1. The minimum atomic E-state index is -0.300. The molecule has 3 heterocycles. The first kappa shape index (κ1) is 18.2. The van der Waals surface area contributed by atoms with Crippen molar-refractivity contribution in [3.05, 3.63) is 56.9 Å². The Morgan fingerprint density at radius 2 is 1.96 bits per heavy atom. The maximum Gasteiger partial charge on any atom is 0.230 e. The first-order valence-corrected chi connectivity index (χ1v) is 9.77. The first-order valence-electron chi connectivity index (χ1n) is 8.97. The molecule has 0 bridgehead atoms. The molecule has 0 aliphatic carbocycles. The lowest BCUT2D eigenvalue weighted by Gasteiger charge is -2.33. The predicted octanol–water partition coefficient (Wildman–Crippen LogP) is 4.82. The van der Waals surface area contributed by atoms with Crippen LogP contribution in [-0.4, -0.2) is 16.4 Å². The fraction of sp³-hybridized carbons (Fsp3) is 0.333. The summed E-state index contributed by atoms with van der Waals surface area (Å²) >= 11 is 3.38. The van der Waals surface area contributed by atoms with Crippen LogP contribution in [0, 0.1) is 0 Å². The highest BCUT2D eigenvalue weighted by atomic mass is 79.9. The predicted molar refractivity (Wildman–Crippen MR) is 108 cm³/mol. The smallest absolute Gasteiger partial charge is 0.230 e. The number of carbonyl (C=O) groups excluding carboxylic acids is 1. The number of carbonyl (C=O) groups is 1. The van der Waals surface area contributed by atoms with E-state index in [1.165, 1.54) is 0 Å². The second kappa shape index (κ2) is 6.46. The lowest BCUT2D eigenvalue weighted by molar-refractivity contribution is -0.0401.